The van der Waals surface area contributed by atoms with Crippen LogP contribution in [0.25, 0.3) is 0 Å². The number of anilines is 1. The summed E-state index contributed by atoms with van der Waals surface area (Å²) in [7, 11) is 1.65. The van der Waals surface area contributed by atoms with Crippen molar-refractivity contribution in [3.8, 4) is 5.75 Å². The molecule has 1 aliphatic heterocycles. The highest BCUT2D eigenvalue weighted by molar-refractivity contribution is 7.98. The maximum absolute atomic E-state index is 12.9. The second-order valence-electron chi connectivity index (χ2n) is 7.91. The minimum absolute atomic E-state index is 0.185. The number of hydrogen-bond donors (Lipinski definition) is 1. The molecule has 2 aliphatic rings. The molecule has 0 saturated heterocycles. The van der Waals surface area contributed by atoms with Gasteiger partial charge in [-0.1, -0.05) is 53.7 Å². The van der Waals surface area contributed by atoms with E-state index in [2.05, 4.69) is 36.5 Å². The van der Waals surface area contributed by atoms with Gasteiger partial charge >= 0.3 is 0 Å². The van der Waals surface area contributed by atoms with E-state index in [0.29, 0.717) is 17.5 Å². The molecule has 0 radical (unpaired) electrons. The summed E-state index contributed by atoms with van der Waals surface area (Å²) in [6.07, 6.45) is 2.29. The number of hydrogen-bond acceptors (Lipinski definition) is 6. The Labute approximate surface area is 185 Å². The van der Waals surface area contributed by atoms with Crippen molar-refractivity contribution in [2.75, 3.05) is 12.4 Å². The fourth-order valence-corrected chi connectivity index (χ4v) is 5.01. The molecule has 2 heterocycles. The highest BCUT2D eigenvalue weighted by atomic mass is 32.2. The molecular weight excluding hydrogens is 408 g/mol. The largest absolute Gasteiger partial charge is 0.497 e. The third kappa shape index (κ3) is 3.85. The van der Waals surface area contributed by atoms with Gasteiger partial charge in [0.2, 0.25) is 11.1 Å². The van der Waals surface area contributed by atoms with Gasteiger partial charge in [-0.15, -0.1) is 5.10 Å². The van der Waals surface area contributed by atoms with Crippen molar-refractivity contribution in [2.45, 2.75) is 43.1 Å². The Balaban J connectivity index is 1.50. The van der Waals surface area contributed by atoms with E-state index in [1.165, 1.54) is 11.1 Å². The molecule has 5 rings (SSSR count). The monoisotopic (exact) mass is 432 g/mol. The molecule has 158 valence electrons. The second-order valence-corrected chi connectivity index (χ2v) is 8.85. The first kappa shape index (κ1) is 19.9. The average Bonchev–Trinajstić information content (AvgIpc) is 3.19. The standard InChI is InChI=1S/C24H24N4O2S/c1-15-5-3-6-16(13-15)14-31-24-26-23-25-19-7-4-8-20(29)21(19)22(28(23)27-24)17-9-11-18(30-2)12-10-17/h3,5-6,9-13,22H,4,7-8,14H2,1-2H3,(H,25,26,27)/t22-/m0/s1. The zero-order chi connectivity index (χ0) is 21.4. The van der Waals surface area contributed by atoms with Crippen molar-refractivity contribution in [1.82, 2.24) is 14.8 Å². The summed E-state index contributed by atoms with van der Waals surface area (Å²) in [5, 5.41) is 8.90. The summed E-state index contributed by atoms with van der Waals surface area (Å²) in [4.78, 5) is 17.7. The number of carbonyl (C=O) groups excluding carboxylic acids is 1. The number of methoxy groups -OCH3 is 1. The van der Waals surface area contributed by atoms with E-state index < -0.39 is 0 Å². The molecule has 31 heavy (non-hydrogen) atoms. The summed E-state index contributed by atoms with van der Waals surface area (Å²) < 4.78 is 7.17. The summed E-state index contributed by atoms with van der Waals surface area (Å²) in [5.41, 5.74) is 5.28. The Morgan fingerprint density at radius 1 is 1.19 bits per heavy atom. The lowest BCUT2D eigenvalue weighted by atomic mass is 9.85. The molecule has 0 bridgehead atoms. The molecule has 6 nitrogen and oxygen atoms in total. The van der Waals surface area contributed by atoms with Crippen LogP contribution in [-0.2, 0) is 10.5 Å². The van der Waals surface area contributed by atoms with Crippen LogP contribution in [0.4, 0.5) is 5.95 Å². The molecule has 2 aromatic carbocycles. The number of Topliss-reactive ketones (excluding diaryl/α,β-unsaturated/α-hetero) is 1. The van der Waals surface area contributed by atoms with E-state index >= 15 is 0 Å². The molecule has 0 fully saturated rings. The van der Waals surface area contributed by atoms with E-state index in [9.17, 15) is 4.79 Å². The summed E-state index contributed by atoms with van der Waals surface area (Å²) in [5.74, 6) is 2.46. The average molecular weight is 433 g/mol. The molecule has 1 aromatic heterocycles. The maximum Gasteiger partial charge on any atom is 0.227 e. The van der Waals surface area contributed by atoms with Gasteiger partial charge in [-0.2, -0.15) is 4.98 Å². The van der Waals surface area contributed by atoms with Crippen LogP contribution < -0.4 is 10.1 Å². The molecule has 0 unspecified atom stereocenters. The Bertz CT molecular complexity index is 1170. The fraction of sp³-hybridized carbons (Fsp3) is 0.292. The molecule has 1 N–H and O–H groups in total. The fourth-order valence-electron chi connectivity index (χ4n) is 4.24. The van der Waals surface area contributed by atoms with E-state index in [1.54, 1.807) is 18.9 Å². The zero-order valence-corrected chi connectivity index (χ0v) is 18.4. The van der Waals surface area contributed by atoms with Crippen LogP contribution in [0.5, 0.6) is 5.75 Å². The molecule has 7 heteroatoms. The predicted octanol–water partition coefficient (Wildman–Crippen LogP) is 4.91. The SMILES string of the molecule is COc1ccc([C@H]2C3=C(CCCC3=O)Nc3nc(SCc4cccc(C)c4)nn32)cc1. The summed E-state index contributed by atoms with van der Waals surface area (Å²) >= 11 is 1.61. The van der Waals surface area contributed by atoms with Gasteiger partial charge in [-0.25, -0.2) is 4.68 Å². The second kappa shape index (κ2) is 8.23. The molecular formula is C24H24N4O2S. The lowest BCUT2D eigenvalue weighted by molar-refractivity contribution is -0.116. The number of aromatic nitrogens is 3. The Kier molecular flexibility index (Phi) is 5.28. The number of ether oxygens (including phenoxy) is 1. The van der Waals surface area contributed by atoms with Crippen LogP contribution in [0.1, 0.15) is 42.0 Å². The van der Waals surface area contributed by atoms with Crippen molar-refractivity contribution in [3.63, 3.8) is 0 Å². The van der Waals surface area contributed by atoms with Crippen LogP contribution in [0.3, 0.4) is 0 Å². The highest BCUT2D eigenvalue weighted by Crippen LogP contribution is 2.41. The number of fused-ring (bicyclic) bond motifs is 1. The van der Waals surface area contributed by atoms with E-state index in [4.69, 9.17) is 14.8 Å². The molecule has 1 aliphatic carbocycles. The lowest BCUT2D eigenvalue weighted by Crippen LogP contribution is -2.31. The van der Waals surface area contributed by atoms with Gasteiger partial charge in [0.25, 0.3) is 0 Å². The van der Waals surface area contributed by atoms with E-state index in [0.717, 1.165) is 41.2 Å². The maximum atomic E-state index is 12.9. The number of allylic oxidation sites excluding steroid dienone is 2. The van der Waals surface area contributed by atoms with E-state index in [1.807, 2.05) is 28.9 Å². The van der Waals surface area contributed by atoms with Gasteiger partial charge in [-0.05, 0) is 43.0 Å². The summed E-state index contributed by atoms with van der Waals surface area (Å²) in [6, 6.07) is 16.1. The molecule has 0 amide bonds. The van der Waals surface area contributed by atoms with Gasteiger partial charge < -0.3 is 10.1 Å². The van der Waals surface area contributed by atoms with Crippen molar-refractivity contribution in [3.05, 3.63) is 76.5 Å². The lowest BCUT2D eigenvalue weighted by Gasteiger charge is -2.32. The first-order chi connectivity index (χ1) is 15.1. The van der Waals surface area contributed by atoms with E-state index in [-0.39, 0.29) is 11.8 Å². The van der Waals surface area contributed by atoms with Crippen molar-refractivity contribution < 1.29 is 9.53 Å². The first-order valence-electron chi connectivity index (χ1n) is 10.4. The smallest absolute Gasteiger partial charge is 0.227 e. The van der Waals surface area contributed by atoms with Crippen molar-refractivity contribution in [2.24, 2.45) is 0 Å². The third-order valence-electron chi connectivity index (χ3n) is 5.73. The van der Waals surface area contributed by atoms with Gasteiger partial charge in [0.1, 0.15) is 11.8 Å². The Morgan fingerprint density at radius 2 is 2.03 bits per heavy atom. The number of thioether (sulfide) groups is 1. The van der Waals surface area contributed by atoms with Crippen LogP contribution in [0.2, 0.25) is 0 Å². The number of rotatable bonds is 5. The minimum atomic E-state index is -0.272. The van der Waals surface area contributed by atoms with Gasteiger partial charge in [0, 0.05) is 23.4 Å². The quantitative estimate of drug-likeness (QED) is 0.578. The molecule has 3 aromatic rings. The first-order valence-corrected chi connectivity index (χ1v) is 11.4. The Morgan fingerprint density at radius 3 is 2.81 bits per heavy atom. The van der Waals surface area contributed by atoms with Crippen LogP contribution in [-0.4, -0.2) is 27.7 Å². The van der Waals surface area contributed by atoms with Gasteiger partial charge in [-0.3, -0.25) is 4.79 Å². The molecule has 0 spiro atoms. The molecule has 1 atom stereocenters. The number of nitrogens with one attached hydrogen (secondary N) is 1. The third-order valence-corrected chi connectivity index (χ3v) is 6.64. The van der Waals surface area contributed by atoms with Crippen LogP contribution in [0, 0.1) is 6.92 Å². The van der Waals surface area contributed by atoms with Crippen molar-refractivity contribution >= 4 is 23.5 Å². The number of carbonyl (C=O) groups is 1. The van der Waals surface area contributed by atoms with Crippen molar-refractivity contribution in [1.29, 1.82) is 0 Å². The predicted molar refractivity (Wildman–Crippen MR) is 121 cm³/mol. The van der Waals surface area contributed by atoms with Gasteiger partial charge in [0.05, 0.1) is 7.11 Å². The number of benzene rings is 2. The van der Waals surface area contributed by atoms with Gasteiger partial charge in [0.15, 0.2) is 5.78 Å². The summed E-state index contributed by atoms with van der Waals surface area (Å²) in [6.45, 7) is 2.10. The minimum Gasteiger partial charge on any atom is -0.497 e. The molecule has 0 saturated carbocycles. The normalized spacial score (nSPS) is 17.7. The van der Waals surface area contributed by atoms with Crippen LogP contribution in [0.15, 0.2) is 65.0 Å². The number of nitrogens with zero attached hydrogens (tertiary/aromatic N) is 3. The zero-order valence-electron chi connectivity index (χ0n) is 17.6. The highest BCUT2D eigenvalue weighted by Gasteiger charge is 2.36. The number of aryl methyl sites for hydroxylation is 1. The van der Waals surface area contributed by atoms with Crippen LogP contribution >= 0.6 is 11.8 Å². The topological polar surface area (TPSA) is 69.0 Å². The Hall–Kier alpha value is -3.06. The number of ketones is 1.